The fourth-order valence-corrected chi connectivity index (χ4v) is 1.85. The summed E-state index contributed by atoms with van der Waals surface area (Å²) in [4.78, 5) is 11.8. The molecule has 0 saturated carbocycles. The van der Waals surface area contributed by atoms with Crippen LogP contribution >= 0.6 is 11.8 Å². The van der Waals surface area contributed by atoms with Gasteiger partial charge >= 0.3 is 0 Å². The monoisotopic (exact) mass is 238 g/mol. The van der Waals surface area contributed by atoms with E-state index in [1.165, 1.54) is 0 Å². The van der Waals surface area contributed by atoms with Gasteiger partial charge in [0, 0.05) is 17.8 Å². The SMILES string of the molecule is CSCCCNC(=O)c1cccc(N)c1C. The minimum atomic E-state index is -0.0362. The molecule has 0 spiro atoms. The van der Waals surface area contributed by atoms with Crippen LogP contribution < -0.4 is 11.1 Å². The lowest BCUT2D eigenvalue weighted by atomic mass is 10.1. The first kappa shape index (κ1) is 12.9. The van der Waals surface area contributed by atoms with E-state index in [9.17, 15) is 4.79 Å². The highest BCUT2D eigenvalue weighted by molar-refractivity contribution is 7.98. The number of nitrogen functional groups attached to an aromatic ring is 1. The molecule has 0 saturated heterocycles. The van der Waals surface area contributed by atoms with Crippen LogP contribution in [0.5, 0.6) is 0 Å². The second-order valence-corrected chi connectivity index (χ2v) is 4.61. The average molecular weight is 238 g/mol. The molecule has 0 radical (unpaired) electrons. The molecule has 0 aliphatic carbocycles. The van der Waals surface area contributed by atoms with E-state index < -0.39 is 0 Å². The van der Waals surface area contributed by atoms with E-state index in [2.05, 4.69) is 11.6 Å². The minimum absolute atomic E-state index is 0.0362. The summed E-state index contributed by atoms with van der Waals surface area (Å²) < 4.78 is 0. The Labute approximate surface area is 101 Å². The van der Waals surface area contributed by atoms with Crippen molar-refractivity contribution < 1.29 is 4.79 Å². The molecule has 0 aromatic heterocycles. The third kappa shape index (κ3) is 3.45. The van der Waals surface area contributed by atoms with Crippen molar-refractivity contribution in [2.45, 2.75) is 13.3 Å². The molecular formula is C12H18N2OS. The van der Waals surface area contributed by atoms with E-state index >= 15 is 0 Å². The molecule has 1 rings (SSSR count). The van der Waals surface area contributed by atoms with E-state index in [4.69, 9.17) is 5.73 Å². The van der Waals surface area contributed by atoms with Gasteiger partial charge in [0.15, 0.2) is 0 Å². The van der Waals surface area contributed by atoms with Crippen LogP contribution in [0, 0.1) is 6.92 Å². The summed E-state index contributed by atoms with van der Waals surface area (Å²) in [7, 11) is 0. The first-order valence-electron chi connectivity index (χ1n) is 5.29. The predicted molar refractivity (Wildman–Crippen MR) is 70.9 cm³/mol. The van der Waals surface area contributed by atoms with Crippen molar-refractivity contribution in [3.05, 3.63) is 29.3 Å². The maximum Gasteiger partial charge on any atom is 0.251 e. The number of carbonyl (C=O) groups is 1. The van der Waals surface area contributed by atoms with Crippen LogP contribution in [0.4, 0.5) is 5.69 Å². The summed E-state index contributed by atoms with van der Waals surface area (Å²) in [5.74, 6) is 1.03. The standard InChI is InChI=1S/C12H18N2OS/c1-9-10(5-3-6-11(9)13)12(15)14-7-4-8-16-2/h3,5-6H,4,7-8,13H2,1-2H3,(H,14,15). The molecule has 0 atom stereocenters. The molecule has 4 heteroatoms. The van der Waals surface area contributed by atoms with Gasteiger partial charge in [0.2, 0.25) is 0 Å². The van der Waals surface area contributed by atoms with E-state index in [1.807, 2.05) is 6.92 Å². The molecule has 88 valence electrons. The van der Waals surface area contributed by atoms with Crippen molar-refractivity contribution in [2.75, 3.05) is 24.3 Å². The number of benzene rings is 1. The van der Waals surface area contributed by atoms with Crippen LogP contribution in [0.3, 0.4) is 0 Å². The van der Waals surface area contributed by atoms with Crippen molar-refractivity contribution in [1.29, 1.82) is 0 Å². The van der Waals surface area contributed by atoms with Gasteiger partial charge in [-0.25, -0.2) is 0 Å². The van der Waals surface area contributed by atoms with E-state index in [-0.39, 0.29) is 5.91 Å². The van der Waals surface area contributed by atoms with Gasteiger partial charge in [-0.3, -0.25) is 4.79 Å². The molecule has 0 aliphatic heterocycles. The van der Waals surface area contributed by atoms with Gasteiger partial charge < -0.3 is 11.1 Å². The first-order valence-corrected chi connectivity index (χ1v) is 6.68. The fraction of sp³-hybridized carbons (Fsp3) is 0.417. The topological polar surface area (TPSA) is 55.1 Å². The van der Waals surface area contributed by atoms with E-state index in [1.54, 1.807) is 30.0 Å². The van der Waals surface area contributed by atoms with Crippen LogP contribution in [0.25, 0.3) is 0 Å². The summed E-state index contributed by atoms with van der Waals surface area (Å²) in [6.45, 7) is 2.58. The molecule has 3 nitrogen and oxygen atoms in total. The van der Waals surface area contributed by atoms with E-state index in [0.29, 0.717) is 17.8 Å². The number of hydrogen-bond donors (Lipinski definition) is 2. The van der Waals surface area contributed by atoms with Crippen LogP contribution in [-0.2, 0) is 0 Å². The van der Waals surface area contributed by atoms with Crippen molar-refractivity contribution in [3.63, 3.8) is 0 Å². The van der Waals surface area contributed by atoms with Gasteiger partial charge in [-0.1, -0.05) is 6.07 Å². The Hall–Kier alpha value is -1.16. The van der Waals surface area contributed by atoms with E-state index in [0.717, 1.165) is 17.7 Å². The lowest BCUT2D eigenvalue weighted by molar-refractivity contribution is 0.0953. The van der Waals surface area contributed by atoms with Crippen molar-refractivity contribution in [1.82, 2.24) is 5.32 Å². The number of thioether (sulfide) groups is 1. The summed E-state index contributed by atoms with van der Waals surface area (Å²) in [5, 5.41) is 2.89. The zero-order chi connectivity index (χ0) is 12.0. The minimum Gasteiger partial charge on any atom is -0.398 e. The predicted octanol–water partition coefficient (Wildman–Crippen LogP) is 2.06. The van der Waals surface area contributed by atoms with Crippen LogP contribution in [0.15, 0.2) is 18.2 Å². The maximum atomic E-state index is 11.8. The second kappa shape index (κ2) is 6.43. The number of nitrogens with two attached hydrogens (primary N) is 1. The second-order valence-electron chi connectivity index (χ2n) is 3.62. The molecule has 0 unspecified atom stereocenters. The summed E-state index contributed by atoms with van der Waals surface area (Å²) in [5.41, 5.74) is 7.94. The largest absolute Gasteiger partial charge is 0.398 e. The number of amides is 1. The molecular weight excluding hydrogens is 220 g/mol. The molecule has 0 fully saturated rings. The third-order valence-electron chi connectivity index (χ3n) is 2.43. The lowest BCUT2D eigenvalue weighted by Gasteiger charge is -2.08. The van der Waals surface area contributed by atoms with Crippen LogP contribution in [0.2, 0.25) is 0 Å². The quantitative estimate of drug-likeness (QED) is 0.610. The van der Waals surface area contributed by atoms with Gasteiger partial charge in [0.1, 0.15) is 0 Å². The van der Waals surface area contributed by atoms with Crippen molar-refractivity contribution in [3.8, 4) is 0 Å². The zero-order valence-electron chi connectivity index (χ0n) is 9.75. The van der Waals surface area contributed by atoms with Gasteiger partial charge in [0.25, 0.3) is 5.91 Å². The summed E-state index contributed by atoms with van der Waals surface area (Å²) in [6, 6.07) is 5.41. The van der Waals surface area contributed by atoms with Gasteiger partial charge in [0.05, 0.1) is 0 Å². The maximum absolute atomic E-state index is 11.8. The molecule has 0 aliphatic rings. The molecule has 1 aromatic rings. The molecule has 0 heterocycles. The average Bonchev–Trinajstić information content (AvgIpc) is 2.28. The lowest BCUT2D eigenvalue weighted by Crippen LogP contribution is -2.25. The van der Waals surface area contributed by atoms with Crippen molar-refractivity contribution >= 4 is 23.4 Å². The number of carbonyl (C=O) groups excluding carboxylic acids is 1. The highest BCUT2D eigenvalue weighted by atomic mass is 32.2. The Bertz CT molecular complexity index is 366. The van der Waals surface area contributed by atoms with Crippen LogP contribution in [-0.4, -0.2) is 24.5 Å². The Morgan fingerprint density at radius 1 is 1.50 bits per heavy atom. The summed E-state index contributed by atoms with van der Waals surface area (Å²) >= 11 is 1.78. The smallest absolute Gasteiger partial charge is 0.251 e. The highest BCUT2D eigenvalue weighted by Gasteiger charge is 2.09. The fourth-order valence-electron chi connectivity index (χ4n) is 1.41. The Kier molecular flexibility index (Phi) is 5.19. The summed E-state index contributed by atoms with van der Waals surface area (Å²) in [6.07, 6.45) is 3.05. The molecule has 1 amide bonds. The Morgan fingerprint density at radius 2 is 2.25 bits per heavy atom. The molecule has 3 N–H and O–H groups in total. The van der Waals surface area contributed by atoms with Crippen LogP contribution in [0.1, 0.15) is 22.3 Å². The number of rotatable bonds is 5. The van der Waals surface area contributed by atoms with Crippen molar-refractivity contribution in [2.24, 2.45) is 0 Å². The Balaban J connectivity index is 2.56. The molecule has 1 aromatic carbocycles. The number of hydrogen-bond acceptors (Lipinski definition) is 3. The van der Waals surface area contributed by atoms with Gasteiger partial charge in [-0.05, 0) is 43.0 Å². The highest BCUT2D eigenvalue weighted by Crippen LogP contribution is 2.15. The number of anilines is 1. The first-order chi connectivity index (χ1) is 7.66. The van der Waals surface area contributed by atoms with Gasteiger partial charge in [-0.15, -0.1) is 0 Å². The van der Waals surface area contributed by atoms with Gasteiger partial charge in [-0.2, -0.15) is 11.8 Å². The normalized spacial score (nSPS) is 10.1. The molecule has 16 heavy (non-hydrogen) atoms. The number of nitrogens with one attached hydrogen (secondary N) is 1. The molecule has 0 bridgehead atoms. The third-order valence-corrected chi connectivity index (χ3v) is 3.13. The zero-order valence-corrected chi connectivity index (χ0v) is 10.6. The Morgan fingerprint density at radius 3 is 2.94 bits per heavy atom.